The first-order valence-corrected chi connectivity index (χ1v) is 4.17. The van der Waals surface area contributed by atoms with E-state index in [0.717, 1.165) is 19.3 Å². The van der Waals surface area contributed by atoms with Crippen LogP contribution in [0.15, 0.2) is 22.8 Å². The van der Waals surface area contributed by atoms with E-state index in [1.807, 2.05) is 0 Å². The van der Waals surface area contributed by atoms with E-state index in [1.165, 1.54) is 16.9 Å². The van der Waals surface area contributed by atoms with E-state index in [0.29, 0.717) is 0 Å². The van der Waals surface area contributed by atoms with E-state index in [1.54, 1.807) is 6.26 Å². The van der Waals surface area contributed by atoms with Crippen LogP contribution < -0.4 is 0 Å². The number of hydrogen-bond donors (Lipinski definition) is 0. The van der Waals surface area contributed by atoms with Gasteiger partial charge in [0.25, 0.3) is 0 Å². The van der Waals surface area contributed by atoms with Gasteiger partial charge in [0.2, 0.25) is 0 Å². The maximum Gasteiger partial charge on any atom is 0.111 e. The Labute approximate surface area is 66.7 Å². The van der Waals surface area contributed by atoms with Crippen LogP contribution in [0.2, 0.25) is 0 Å². The smallest absolute Gasteiger partial charge is 0.111 e. The van der Waals surface area contributed by atoms with Gasteiger partial charge in [0.15, 0.2) is 0 Å². The number of fused-ring (bicyclic) bond motifs is 1. The van der Waals surface area contributed by atoms with Crippen LogP contribution in [-0.4, -0.2) is 0 Å². The van der Waals surface area contributed by atoms with Crippen molar-refractivity contribution in [3.8, 4) is 0 Å². The molecule has 0 aromatic carbocycles. The number of rotatable bonds is 1. The number of aryl methyl sites for hydroxylation is 1. The molecule has 0 unspecified atom stereocenters. The molecular formula is C10H12O. The molecule has 0 fully saturated rings. The largest absolute Gasteiger partial charge is 0.469 e. The molecule has 11 heavy (non-hydrogen) atoms. The molecule has 1 nitrogen and oxygen atoms in total. The third-order valence-electron chi connectivity index (χ3n) is 2.23. The van der Waals surface area contributed by atoms with Crippen molar-refractivity contribution in [2.75, 3.05) is 0 Å². The van der Waals surface area contributed by atoms with E-state index in [9.17, 15) is 0 Å². The molecule has 0 radical (unpaired) electrons. The molecule has 1 heteroatoms. The highest BCUT2D eigenvalue weighted by molar-refractivity contribution is 5.68. The molecule has 1 aromatic heterocycles. The van der Waals surface area contributed by atoms with E-state index < -0.39 is 0 Å². The summed E-state index contributed by atoms with van der Waals surface area (Å²) in [6, 6.07) is 2.07. The number of allylic oxidation sites excluding steroid dienone is 2. The van der Waals surface area contributed by atoms with Crippen LogP contribution >= 0.6 is 0 Å². The van der Waals surface area contributed by atoms with Gasteiger partial charge in [0.1, 0.15) is 5.76 Å². The van der Waals surface area contributed by atoms with Crippen LogP contribution in [0.25, 0.3) is 5.57 Å². The van der Waals surface area contributed by atoms with Crippen LogP contribution in [-0.2, 0) is 6.42 Å². The van der Waals surface area contributed by atoms with Crippen molar-refractivity contribution >= 4 is 5.57 Å². The van der Waals surface area contributed by atoms with Gasteiger partial charge in [-0.15, -0.1) is 0 Å². The molecule has 0 amide bonds. The van der Waals surface area contributed by atoms with Crippen LogP contribution in [0.1, 0.15) is 31.1 Å². The minimum Gasteiger partial charge on any atom is -0.469 e. The lowest BCUT2D eigenvalue weighted by Gasteiger charge is -2.09. The Balaban J connectivity index is 2.45. The molecule has 0 spiro atoms. The minimum atomic E-state index is 1.08. The summed E-state index contributed by atoms with van der Waals surface area (Å²) in [7, 11) is 0. The Bertz CT molecular complexity index is 281. The van der Waals surface area contributed by atoms with Gasteiger partial charge in [-0.25, -0.2) is 0 Å². The Morgan fingerprint density at radius 1 is 1.55 bits per heavy atom. The van der Waals surface area contributed by atoms with E-state index >= 15 is 0 Å². The summed E-state index contributed by atoms with van der Waals surface area (Å²) >= 11 is 0. The van der Waals surface area contributed by atoms with Gasteiger partial charge < -0.3 is 4.42 Å². The van der Waals surface area contributed by atoms with Gasteiger partial charge >= 0.3 is 0 Å². The van der Waals surface area contributed by atoms with Gasteiger partial charge in [0, 0.05) is 12.0 Å². The first-order valence-electron chi connectivity index (χ1n) is 4.17. The monoisotopic (exact) mass is 148 g/mol. The summed E-state index contributed by atoms with van der Waals surface area (Å²) in [5, 5.41) is 0. The van der Waals surface area contributed by atoms with Crippen molar-refractivity contribution in [2.24, 2.45) is 0 Å². The van der Waals surface area contributed by atoms with Crippen molar-refractivity contribution in [3.05, 3.63) is 29.7 Å². The maximum atomic E-state index is 5.35. The summed E-state index contributed by atoms with van der Waals surface area (Å²) in [6.45, 7) is 2.19. The fraction of sp³-hybridized carbons (Fsp3) is 0.400. The predicted octanol–water partition coefficient (Wildman–Crippen LogP) is 3.02. The zero-order valence-electron chi connectivity index (χ0n) is 6.76. The number of furan rings is 1. The van der Waals surface area contributed by atoms with Crippen LogP contribution in [0.3, 0.4) is 0 Å². The molecule has 2 rings (SSSR count). The second kappa shape index (κ2) is 2.57. The van der Waals surface area contributed by atoms with E-state index in [4.69, 9.17) is 4.42 Å². The fourth-order valence-corrected chi connectivity index (χ4v) is 1.64. The van der Waals surface area contributed by atoms with Gasteiger partial charge in [-0.05, 0) is 24.5 Å². The van der Waals surface area contributed by atoms with E-state index in [-0.39, 0.29) is 0 Å². The van der Waals surface area contributed by atoms with Crippen LogP contribution in [0.4, 0.5) is 0 Å². The summed E-state index contributed by atoms with van der Waals surface area (Å²) in [5.41, 5.74) is 2.78. The topological polar surface area (TPSA) is 13.1 Å². The predicted molar refractivity (Wildman–Crippen MR) is 45.3 cm³/mol. The molecule has 1 heterocycles. The molecule has 0 saturated carbocycles. The molecule has 1 aliphatic carbocycles. The van der Waals surface area contributed by atoms with Gasteiger partial charge in [-0.3, -0.25) is 0 Å². The van der Waals surface area contributed by atoms with Gasteiger partial charge in [0.05, 0.1) is 6.26 Å². The average molecular weight is 148 g/mol. The first-order chi connectivity index (χ1) is 5.42. The Morgan fingerprint density at radius 3 is 3.27 bits per heavy atom. The lowest BCUT2D eigenvalue weighted by atomic mass is 9.96. The normalized spacial score (nSPS) is 15.9. The summed E-state index contributed by atoms with van der Waals surface area (Å²) in [4.78, 5) is 0. The van der Waals surface area contributed by atoms with Crippen LogP contribution in [0, 0.1) is 0 Å². The minimum absolute atomic E-state index is 1.08. The van der Waals surface area contributed by atoms with Crippen molar-refractivity contribution in [1.29, 1.82) is 0 Å². The zero-order chi connectivity index (χ0) is 7.68. The average Bonchev–Trinajstić information content (AvgIpc) is 2.50. The Hall–Kier alpha value is -0.980. The maximum absolute atomic E-state index is 5.35. The molecule has 0 N–H and O–H groups in total. The first kappa shape index (κ1) is 6.71. The molecule has 1 aromatic rings. The molecule has 0 saturated heterocycles. The molecule has 0 bridgehead atoms. The van der Waals surface area contributed by atoms with Gasteiger partial charge in [-0.1, -0.05) is 13.0 Å². The molecule has 58 valence electrons. The third kappa shape index (κ3) is 1.01. The summed E-state index contributed by atoms with van der Waals surface area (Å²) < 4.78 is 5.35. The molecule has 0 aliphatic heterocycles. The van der Waals surface area contributed by atoms with Crippen molar-refractivity contribution in [3.63, 3.8) is 0 Å². The summed E-state index contributed by atoms with van der Waals surface area (Å²) in [6.07, 6.45) is 7.44. The highest BCUT2D eigenvalue weighted by atomic mass is 16.3. The van der Waals surface area contributed by atoms with Crippen LogP contribution in [0.5, 0.6) is 0 Å². The second-order valence-electron chi connectivity index (χ2n) is 2.88. The van der Waals surface area contributed by atoms with Gasteiger partial charge in [-0.2, -0.15) is 0 Å². The summed E-state index contributed by atoms with van der Waals surface area (Å²) in [5.74, 6) is 1.17. The molecule has 0 atom stereocenters. The van der Waals surface area contributed by atoms with E-state index in [2.05, 4.69) is 19.1 Å². The highest BCUT2D eigenvalue weighted by Crippen LogP contribution is 2.28. The SMILES string of the molecule is CCC1=CCCc2occc21. The quantitative estimate of drug-likeness (QED) is 0.596. The molecule has 1 aliphatic rings. The van der Waals surface area contributed by atoms with Crippen molar-refractivity contribution in [2.45, 2.75) is 26.2 Å². The molecular weight excluding hydrogens is 136 g/mol. The second-order valence-corrected chi connectivity index (χ2v) is 2.88. The van der Waals surface area contributed by atoms with Crippen molar-refractivity contribution in [1.82, 2.24) is 0 Å². The zero-order valence-corrected chi connectivity index (χ0v) is 6.76. The fourth-order valence-electron chi connectivity index (χ4n) is 1.64. The van der Waals surface area contributed by atoms with Crippen molar-refractivity contribution < 1.29 is 4.42 Å². The highest BCUT2D eigenvalue weighted by Gasteiger charge is 2.12. The standard InChI is InChI=1S/C10H12O/c1-2-8-4-3-5-10-9(8)6-7-11-10/h4,6-7H,2-3,5H2,1H3. The lowest BCUT2D eigenvalue weighted by molar-refractivity contribution is 0.506. The Kier molecular flexibility index (Phi) is 1.57. The third-order valence-corrected chi connectivity index (χ3v) is 2.23. The lowest BCUT2D eigenvalue weighted by Crippen LogP contribution is -1.94. The number of hydrogen-bond acceptors (Lipinski definition) is 1. The Morgan fingerprint density at radius 2 is 2.45 bits per heavy atom.